The lowest BCUT2D eigenvalue weighted by Gasteiger charge is -2.17. The zero-order valence-electron chi connectivity index (χ0n) is 10.4. The van der Waals surface area contributed by atoms with Crippen LogP contribution < -0.4 is 4.74 Å². The lowest BCUT2D eigenvalue weighted by molar-refractivity contribution is -0.119. The van der Waals surface area contributed by atoms with Gasteiger partial charge >= 0.3 is 0 Å². The summed E-state index contributed by atoms with van der Waals surface area (Å²) >= 11 is 0. The van der Waals surface area contributed by atoms with E-state index >= 15 is 0 Å². The van der Waals surface area contributed by atoms with Crippen molar-refractivity contribution < 1.29 is 13.9 Å². The molecule has 0 atom stereocenters. The highest BCUT2D eigenvalue weighted by atomic mass is 19.1. The minimum atomic E-state index is -0.345. The van der Waals surface area contributed by atoms with E-state index in [1.54, 1.807) is 18.0 Å². The number of hydrogen-bond acceptors (Lipinski definition) is 4. The standard InChI is InChI=1S/C13H15FN2O2/c1-16(9-12(17)5-6-15)8-10-7-11(14)3-4-13(10)18-2/h3-4,7H,5,8-9H2,1-2H3. The molecule has 0 bridgehead atoms. The van der Waals surface area contributed by atoms with Crippen LogP contribution in [0.3, 0.4) is 0 Å². The number of halogens is 1. The molecule has 0 amide bonds. The van der Waals surface area contributed by atoms with Crippen LogP contribution in [-0.2, 0) is 11.3 Å². The molecule has 18 heavy (non-hydrogen) atoms. The zero-order valence-corrected chi connectivity index (χ0v) is 10.4. The summed E-state index contributed by atoms with van der Waals surface area (Å²) in [7, 11) is 3.25. The van der Waals surface area contributed by atoms with Crippen LogP contribution >= 0.6 is 0 Å². The van der Waals surface area contributed by atoms with Gasteiger partial charge in [0.2, 0.25) is 0 Å². The Hall–Kier alpha value is -1.93. The van der Waals surface area contributed by atoms with Crippen molar-refractivity contribution in [1.82, 2.24) is 4.90 Å². The highest BCUT2D eigenvalue weighted by molar-refractivity contribution is 5.82. The van der Waals surface area contributed by atoms with Gasteiger partial charge in [-0.15, -0.1) is 0 Å². The van der Waals surface area contributed by atoms with Gasteiger partial charge in [-0.05, 0) is 25.2 Å². The van der Waals surface area contributed by atoms with Crippen molar-refractivity contribution in [1.29, 1.82) is 5.26 Å². The molecule has 0 radical (unpaired) electrons. The van der Waals surface area contributed by atoms with E-state index in [1.807, 2.05) is 6.07 Å². The van der Waals surface area contributed by atoms with E-state index in [-0.39, 0.29) is 24.6 Å². The number of likely N-dealkylation sites (N-methyl/N-ethyl adjacent to an activating group) is 1. The monoisotopic (exact) mass is 250 g/mol. The van der Waals surface area contributed by atoms with Gasteiger partial charge in [-0.1, -0.05) is 0 Å². The van der Waals surface area contributed by atoms with Crippen molar-refractivity contribution in [2.24, 2.45) is 0 Å². The molecule has 0 spiro atoms. The van der Waals surface area contributed by atoms with Crippen molar-refractivity contribution in [3.63, 3.8) is 0 Å². The van der Waals surface area contributed by atoms with Crippen molar-refractivity contribution in [3.8, 4) is 11.8 Å². The molecule has 0 saturated heterocycles. The number of nitrogens with zero attached hydrogens (tertiary/aromatic N) is 2. The van der Waals surface area contributed by atoms with Crippen molar-refractivity contribution in [2.45, 2.75) is 13.0 Å². The first-order valence-corrected chi connectivity index (χ1v) is 5.46. The summed E-state index contributed by atoms with van der Waals surface area (Å²) in [6.07, 6.45) is -0.107. The Morgan fingerprint density at radius 1 is 1.56 bits per heavy atom. The molecule has 0 aliphatic carbocycles. The second kappa shape index (κ2) is 6.72. The molecule has 1 rings (SSSR count). The van der Waals surface area contributed by atoms with Crippen molar-refractivity contribution in [3.05, 3.63) is 29.6 Å². The number of benzene rings is 1. The van der Waals surface area contributed by atoms with E-state index in [4.69, 9.17) is 10.00 Å². The smallest absolute Gasteiger partial charge is 0.160 e. The van der Waals surface area contributed by atoms with Crippen molar-refractivity contribution >= 4 is 5.78 Å². The predicted octanol–water partition coefficient (Wildman–Crippen LogP) is 1.75. The Labute approximate surface area is 106 Å². The molecule has 0 N–H and O–H groups in total. The van der Waals surface area contributed by atoms with Crippen LogP contribution in [0.5, 0.6) is 5.75 Å². The fraction of sp³-hybridized carbons (Fsp3) is 0.385. The van der Waals surface area contributed by atoms with Gasteiger partial charge in [-0.3, -0.25) is 9.69 Å². The average Bonchev–Trinajstić information content (AvgIpc) is 2.29. The summed E-state index contributed by atoms with van der Waals surface area (Å²) in [5.74, 6) is 0.0777. The van der Waals surface area contributed by atoms with Crippen LogP contribution in [0.25, 0.3) is 0 Å². The lowest BCUT2D eigenvalue weighted by Crippen LogP contribution is -2.25. The van der Waals surface area contributed by atoms with E-state index < -0.39 is 0 Å². The third-order valence-corrected chi connectivity index (χ3v) is 2.41. The van der Waals surface area contributed by atoms with Gasteiger partial charge in [0.1, 0.15) is 11.6 Å². The number of ketones is 1. The molecular formula is C13H15FN2O2. The number of ether oxygens (including phenoxy) is 1. The first kappa shape index (κ1) is 14.1. The first-order chi connectivity index (χ1) is 8.56. The van der Waals surface area contributed by atoms with E-state index in [1.165, 1.54) is 19.2 Å². The maximum absolute atomic E-state index is 13.1. The topological polar surface area (TPSA) is 53.3 Å². The van der Waals surface area contributed by atoms with Crippen molar-refractivity contribution in [2.75, 3.05) is 20.7 Å². The number of carbonyl (C=O) groups is 1. The summed E-state index contributed by atoms with van der Waals surface area (Å²) in [5, 5.41) is 8.40. The second-order valence-electron chi connectivity index (χ2n) is 4.00. The van der Waals surface area contributed by atoms with Gasteiger partial charge in [0.15, 0.2) is 5.78 Å². The number of hydrogen-bond donors (Lipinski definition) is 0. The van der Waals surface area contributed by atoms with Gasteiger partial charge in [0.05, 0.1) is 26.1 Å². The summed E-state index contributed by atoms with van der Waals surface area (Å²) < 4.78 is 18.3. The molecule has 0 aliphatic heterocycles. The van der Waals surface area contributed by atoms with Gasteiger partial charge < -0.3 is 4.74 Å². The molecule has 0 unspecified atom stereocenters. The van der Waals surface area contributed by atoms with Gasteiger partial charge in [-0.25, -0.2) is 4.39 Å². The molecule has 1 aromatic rings. The first-order valence-electron chi connectivity index (χ1n) is 5.46. The summed E-state index contributed by atoms with van der Waals surface area (Å²) in [5.41, 5.74) is 0.671. The van der Waals surface area contributed by atoms with Crippen LogP contribution in [-0.4, -0.2) is 31.4 Å². The molecular weight excluding hydrogens is 235 g/mol. The van der Waals surface area contributed by atoms with Crippen LogP contribution in [0.15, 0.2) is 18.2 Å². The van der Waals surface area contributed by atoms with Gasteiger partial charge in [-0.2, -0.15) is 5.26 Å². The highest BCUT2D eigenvalue weighted by Gasteiger charge is 2.10. The zero-order chi connectivity index (χ0) is 13.5. The Balaban J connectivity index is 2.69. The minimum absolute atomic E-state index is 0.107. The number of Topliss-reactive ketones (excluding diaryl/α,β-unsaturated/α-hetero) is 1. The van der Waals surface area contributed by atoms with Gasteiger partial charge in [0, 0.05) is 12.1 Å². The molecule has 0 saturated carbocycles. The van der Waals surface area contributed by atoms with Gasteiger partial charge in [0.25, 0.3) is 0 Å². The Bertz CT molecular complexity index is 469. The van der Waals surface area contributed by atoms with Crippen LogP contribution in [0, 0.1) is 17.1 Å². The third kappa shape index (κ3) is 4.15. The largest absolute Gasteiger partial charge is 0.496 e. The molecule has 0 fully saturated rings. The maximum Gasteiger partial charge on any atom is 0.160 e. The summed E-state index contributed by atoms with van der Waals surface area (Å²) in [6, 6.07) is 6.06. The number of nitriles is 1. The Morgan fingerprint density at radius 2 is 2.28 bits per heavy atom. The summed E-state index contributed by atoms with van der Waals surface area (Å²) in [4.78, 5) is 13.0. The SMILES string of the molecule is COc1ccc(F)cc1CN(C)CC(=O)CC#N. The predicted molar refractivity (Wildman–Crippen MR) is 64.5 cm³/mol. The molecule has 5 heteroatoms. The quantitative estimate of drug-likeness (QED) is 0.771. The molecule has 1 aromatic carbocycles. The molecule has 0 heterocycles. The Morgan fingerprint density at radius 3 is 2.89 bits per heavy atom. The van der Waals surface area contributed by atoms with E-state index in [9.17, 15) is 9.18 Å². The third-order valence-electron chi connectivity index (χ3n) is 2.41. The second-order valence-corrected chi connectivity index (χ2v) is 4.00. The molecule has 96 valence electrons. The van der Waals surface area contributed by atoms with E-state index in [2.05, 4.69) is 0 Å². The lowest BCUT2D eigenvalue weighted by atomic mass is 10.1. The minimum Gasteiger partial charge on any atom is -0.496 e. The van der Waals surface area contributed by atoms with Crippen LogP contribution in [0.2, 0.25) is 0 Å². The Kier molecular flexibility index (Phi) is 5.28. The highest BCUT2D eigenvalue weighted by Crippen LogP contribution is 2.20. The fourth-order valence-corrected chi connectivity index (χ4v) is 1.66. The number of rotatable bonds is 6. The average molecular weight is 250 g/mol. The molecule has 0 aromatic heterocycles. The number of carbonyl (C=O) groups excluding carboxylic acids is 1. The van der Waals surface area contributed by atoms with Crippen LogP contribution in [0.4, 0.5) is 4.39 Å². The molecule has 4 nitrogen and oxygen atoms in total. The molecule has 0 aliphatic rings. The van der Waals surface area contributed by atoms with Crippen LogP contribution in [0.1, 0.15) is 12.0 Å². The normalized spacial score (nSPS) is 10.2. The number of methoxy groups -OCH3 is 1. The fourth-order valence-electron chi connectivity index (χ4n) is 1.66. The van der Waals surface area contributed by atoms with E-state index in [0.29, 0.717) is 17.9 Å². The summed E-state index contributed by atoms with van der Waals surface area (Å²) in [6.45, 7) is 0.547. The van der Waals surface area contributed by atoms with E-state index in [0.717, 1.165) is 0 Å². The maximum atomic E-state index is 13.1.